The molecule has 4 nitrogen and oxygen atoms in total. The van der Waals surface area contributed by atoms with Gasteiger partial charge in [0.1, 0.15) is 23.1 Å². The molecule has 0 bridgehead atoms. The SMILES string of the molecule is Cc1ccccc1OCCCN(C)C(C)C(=O)Nc1c(F)cccc1F. The Morgan fingerprint density at radius 1 is 1.15 bits per heavy atom. The number of anilines is 1. The number of rotatable bonds is 8. The third-order valence-corrected chi connectivity index (χ3v) is 4.26. The molecule has 1 unspecified atom stereocenters. The number of nitrogens with zero attached hydrogens (tertiary/aromatic N) is 1. The number of likely N-dealkylation sites (N-methyl/N-ethyl adjacent to an activating group) is 1. The van der Waals surface area contributed by atoms with E-state index in [1.807, 2.05) is 36.1 Å². The first-order valence-corrected chi connectivity index (χ1v) is 8.53. The van der Waals surface area contributed by atoms with Crippen molar-refractivity contribution in [1.82, 2.24) is 4.90 Å². The summed E-state index contributed by atoms with van der Waals surface area (Å²) in [6, 6.07) is 10.7. The van der Waals surface area contributed by atoms with E-state index in [1.54, 1.807) is 14.0 Å². The van der Waals surface area contributed by atoms with E-state index in [0.717, 1.165) is 29.9 Å². The Balaban J connectivity index is 1.80. The molecule has 0 aliphatic rings. The van der Waals surface area contributed by atoms with Gasteiger partial charge in [0, 0.05) is 6.54 Å². The molecule has 0 aliphatic heterocycles. The highest BCUT2D eigenvalue weighted by atomic mass is 19.1. The summed E-state index contributed by atoms with van der Waals surface area (Å²) in [5, 5.41) is 2.32. The number of halogens is 2. The predicted molar refractivity (Wildman–Crippen MR) is 98.4 cm³/mol. The zero-order chi connectivity index (χ0) is 19.1. The lowest BCUT2D eigenvalue weighted by molar-refractivity contribution is -0.120. The summed E-state index contributed by atoms with van der Waals surface area (Å²) in [6.45, 7) is 4.80. The average molecular weight is 362 g/mol. The highest BCUT2D eigenvalue weighted by Crippen LogP contribution is 2.19. The number of hydrogen-bond acceptors (Lipinski definition) is 3. The molecule has 0 saturated heterocycles. The summed E-state index contributed by atoms with van der Waals surface area (Å²) in [4.78, 5) is 14.1. The molecular weight excluding hydrogens is 338 g/mol. The van der Waals surface area contributed by atoms with Gasteiger partial charge in [-0.15, -0.1) is 0 Å². The van der Waals surface area contributed by atoms with Crippen molar-refractivity contribution in [2.75, 3.05) is 25.5 Å². The molecule has 2 rings (SSSR count). The summed E-state index contributed by atoms with van der Waals surface area (Å²) in [7, 11) is 1.79. The number of para-hydroxylation sites is 2. The predicted octanol–water partition coefficient (Wildman–Crippen LogP) is 4.00. The maximum absolute atomic E-state index is 13.6. The maximum atomic E-state index is 13.6. The van der Waals surface area contributed by atoms with E-state index < -0.39 is 29.3 Å². The molecule has 0 radical (unpaired) electrons. The fourth-order valence-electron chi connectivity index (χ4n) is 2.45. The lowest BCUT2D eigenvalue weighted by Crippen LogP contribution is -2.40. The average Bonchev–Trinajstić information content (AvgIpc) is 2.62. The lowest BCUT2D eigenvalue weighted by Gasteiger charge is -2.24. The Labute approximate surface area is 152 Å². The topological polar surface area (TPSA) is 41.6 Å². The first-order chi connectivity index (χ1) is 12.4. The Hall–Kier alpha value is -2.47. The van der Waals surface area contributed by atoms with Crippen LogP contribution in [0.4, 0.5) is 14.5 Å². The summed E-state index contributed by atoms with van der Waals surface area (Å²) < 4.78 is 33.0. The Bertz CT molecular complexity index is 732. The van der Waals surface area contributed by atoms with Crippen LogP contribution in [0.25, 0.3) is 0 Å². The molecule has 1 atom stereocenters. The van der Waals surface area contributed by atoms with Crippen LogP contribution < -0.4 is 10.1 Å². The standard InChI is InChI=1S/C20H24F2N2O2/c1-14-8-4-5-11-18(14)26-13-7-12-24(3)15(2)20(25)23-19-16(21)9-6-10-17(19)22/h4-6,8-11,15H,7,12-13H2,1-3H3,(H,23,25). The van der Waals surface area contributed by atoms with Gasteiger partial charge in [0.2, 0.25) is 5.91 Å². The van der Waals surface area contributed by atoms with Crippen LogP contribution in [0, 0.1) is 18.6 Å². The smallest absolute Gasteiger partial charge is 0.241 e. The minimum Gasteiger partial charge on any atom is -0.493 e. The van der Waals surface area contributed by atoms with Gasteiger partial charge in [-0.25, -0.2) is 8.78 Å². The monoisotopic (exact) mass is 362 g/mol. The van der Waals surface area contributed by atoms with Crippen molar-refractivity contribution in [3.63, 3.8) is 0 Å². The van der Waals surface area contributed by atoms with Gasteiger partial charge in [-0.1, -0.05) is 24.3 Å². The van der Waals surface area contributed by atoms with Gasteiger partial charge in [0.15, 0.2) is 0 Å². The molecule has 0 fully saturated rings. The van der Waals surface area contributed by atoms with Crippen LogP contribution in [0.3, 0.4) is 0 Å². The van der Waals surface area contributed by atoms with Crippen molar-refractivity contribution >= 4 is 11.6 Å². The number of benzene rings is 2. The minimum absolute atomic E-state index is 0.416. The second kappa shape index (κ2) is 9.29. The quantitative estimate of drug-likeness (QED) is 0.722. The molecule has 0 aliphatic carbocycles. The molecule has 0 heterocycles. The molecule has 0 spiro atoms. The Kier molecular flexibility index (Phi) is 7.09. The van der Waals surface area contributed by atoms with Gasteiger partial charge in [-0.2, -0.15) is 0 Å². The van der Waals surface area contributed by atoms with Gasteiger partial charge in [-0.05, 0) is 51.1 Å². The van der Waals surface area contributed by atoms with E-state index in [9.17, 15) is 13.6 Å². The highest BCUT2D eigenvalue weighted by Gasteiger charge is 2.20. The van der Waals surface area contributed by atoms with Crippen LogP contribution in [0.5, 0.6) is 5.75 Å². The summed E-state index contributed by atoms with van der Waals surface area (Å²) >= 11 is 0. The minimum atomic E-state index is -0.792. The molecule has 6 heteroatoms. The molecule has 0 aromatic heterocycles. The summed E-state index contributed by atoms with van der Waals surface area (Å²) in [5.41, 5.74) is 0.654. The van der Waals surface area contributed by atoms with Crippen molar-refractivity contribution in [1.29, 1.82) is 0 Å². The van der Waals surface area contributed by atoms with Crippen LogP contribution in [-0.4, -0.2) is 37.0 Å². The summed E-state index contributed by atoms with van der Waals surface area (Å²) in [5.74, 6) is -1.20. The first-order valence-electron chi connectivity index (χ1n) is 8.53. The fraction of sp³-hybridized carbons (Fsp3) is 0.350. The number of carbonyl (C=O) groups excluding carboxylic acids is 1. The molecule has 2 aromatic rings. The highest BCUT2D eigenvalue weighted by molar-refractivity contribution is 5.94. The van der Waals surface area contributed by atoms with Crippen LogP contribution in [0.1, 0.15) is 18.9 Å². The number of nitrogens with one attached hydrogen (secondary N) is 1. The van der Waals surface area contributed by atoms with Crippen LogP contribution in [-0.2, 0) is 4.79 Å². The Morgan fingerprint density at radius 2 is 1.81 bits per heavy atom. The molecule has 2 aromatic carbocycles. The zero-order valence-corrected chi connectivity index (χ0v) is 15.3. The second-order valence-corrected chi connectivity index (χ2v) is 6.21. The van der Waals surface area contributed by atoms with Crippen molar-refractivity contribution < 1.29 is 18.3 Å². The van der Waals surface area contributed by atoms with Crippen LogP contribution in [0.2, 0.25) is 0 Å². The molecule has 1 amide bonds. The zero-order valence-electron chi connectivity index (χ0n) is 15.3. The van der Waals surface area contributed by atoms with Crippen molar-refractivity contribution in [3.05, 3.63) is 59.7 Å². The molecule has 26 heavy (non-hydrogen) atoms. The van der Waals surface area contributed by atoms with Gasteiger partial charge in [0.25, 0.3) is 0 Å². The number of carbonyl (C=O) groups is 1. The number of aryl methyl sites for hydroxylation is 1. The fourth-order valence-corrected chi connectivity index (χ4v) is 2.45. The van der Waals surface area contributed by atoms with Gasteiger partial charge in [0.05, 0.1) is 12.6 Å². The molecular formula is C20H24F2N2O2. The Morgan fingerprint density at radius 3 is 2.46 bits per heavy atom. The third kappa shape index (κ3) is 5.26. The molecule has 1 N–H and O–H groups in total. The lowest BCUT2D eigenvalue weighted by atomic mass is 10.2. The van der Waals surface area contributed by atoms with E-state index in [-0.39, 0.29) is 0 Å². The number of hydrogen-bond donors (Lipinski definition) is 1. The van der Waals surface area contributed by atoms with E-state index in [1.165, 1.54) is 6.07 Å². The van der Waals surface area contributed by atoms with E-state index in [2.05, 4.69) is 5.32 Å². The normalized spacial score (nSPS) is 12.1. The van der Waals surface area contributed by atoms with Crippen LogP contribution in [0.15, 0.2) is 42.5 Å². The van der Waals surface area contributed by atoms with Crippen molar-refractivity contribution in [2.45, 2.75) is 26.3 Å². The number of amides is 1. The second-order valence-electron chi connectivity index (χ2n) is 6.21. The van der Waals surface area contributed by atoms with E-state index in [0.29, 0.717) is 13.2 Å². The summed E-state index contributed by atoms with van der Waals surface area (Å²) in [6.07, 6.45) is 0.719. The maximum Gasteiger partial charge on any atom is 0.241 e. The number of ether oxygens (including phenoxy) is 1. The third-order valence-electron chi connectivity index (χ3n) is 4.26. The van der Waals surface area contributed by atoms with Crippen molar-refractivity contribution in [3.8, 4) is 5.75 Å². The van der Waals surface area contributed by atoms with Crippen LogP contribution >= 0.6 is 0 Å². The van der Waals surface area contributed by atoms with E-state index in [4.69, 9.17) is 4.74 Å². The van der Waals surface area contributed by atoms with E-state index >= 15 is 0 Å². The van der Waals surface area contributed by atoms with Crippen molar-refractivity contribution in [2.24, 2.45) is 0 Å². The largest absolute Gasteiger partial charge is 0.493 e. The van der Waals surface area contributed by atoms with Gasteiger partial charge >= 0.3 is 0 Å². The first kappa shape index (κ1) is 19.8. The molecule has 140 valence electrons. The van der Waals surface area contributed by atoms with Gasteiger partial charge < -0.3 is 10.1 Å². The molecule has 0 saturated carbocycles. The van der Waals surface area contributed by atoms with Gasteiger partial charge in [-0.3, -0.25) is 9.69 Å².